The van der Waals surface area contributed by atoms with Crippen LogP contribution in [0, 0.1) is 6.92 Å². The molecule has 3 rings (SSSR count). The van der Waals surface area contributed by atoms with Crippen molar-refractivity contribution >= 4 is 34.8 Å². The minimum absolute atomic E-state index is 0.0293. The van der Waals surface area contributed by atoms with Crippen LogP contribution < -0.4 is 5.32 Å². The van der Waals surface area contributed by atoms with Gasteiger partial charge in [0.05, 0.1) is 11.8 Å². The number of amides is 1. The molecular formula is C16H13Cl2NO. The molecule has 102 valence electrons. The highest BCUT2D eigenvalue weighted by atomic mass is 35.5. The second kappa shape index (κ2) is 5.12. The van der Waals surface area contributed by atoms with Gasteiger partial charge in [-0.3, -0.25) is 4.79 Å². The fraction of sp³-hybridized carbons (Fsp3) is 0.188. The van der Waals surface area contributed by atoms with Gasteiger partial charge in [-0.15, -0.1) is 11.6 Å². The molecule has 0 fully saturated rings. The summed E-state index contributed by atoms with van der Waals surface area (Å²) in [5.74, 6) is 0.0293. The van der Waals surface area contributed by atoms with Gasteiger partial charge in [0.15, 0.2) is 0 Å². The van der Waals surface area contributed by atoms with Crippen molar-refractivity contribution in [2.24, 2.45) is 0 Å². The Hall–Kier alpha value is -1.51. The molecule has 0 saturated heterocycles. The number of anilines is 1. The zero-order valence-corrected chi connectivity index (χ0v) is 12.4. The normalized spacial score (nSPS) is 14.8. The maximum Gasteiger partial charge on any atom is 0.228 e. The molecule has 0 bridgehead atoms. The van der Waals surface area contributed by atoms with Gasteiger partial charge < -0.3 is 5.32 Å². The highest BCUT2D eigenvalue weighted by Crippen LogP contribution is 2.34. The molecule has 1 unspecified atom stereocenters. The van der Waals surface area contributed by atoms with Gasteiger partial charge in [-0.1, -0.05) is 35.9 Å². The lowest BCUT2D eigenvalue weighted by Crippen LogP contribution is -2.03. The molecule has 1 amide bonds. The Bertz CT molecular complexity index is 697. The molecule has 1 heterocycles. The second-order valence-electron chi connectivity index (χ2n) is 5.01. The lowest BCUT2D eigenvalue weighted by Gasteiger charge is -2.13. The van der Waals surface area contributed by atoms with Crippen LogP contribution in [0.15, 0.2) is 36.4 Å². The van der Waals surface area contributed by atoms with E-state index in [9.17, 15) is 4.79 Å². The van der Waals surface area contributed by atoms with E-state index in [1.54, 1.807) is 0 Å². The number of hydrogen-bond donors (Lipinski definition) is 1. The predicted octanol–water partition coefficient (Wildman–Crippen LogP) is 4.47. The first-order chi connectivity index (χ1) is 9.54. The quantitative estimate of drug-likeness (QED) is 0.815. The highest BCUT2D eigenvalue weighted by Gasteiger charge is 2.20. The van der Waals surface area contributed by atoms with Crippen LogP contribution in [0.4, 0.5) is 5.69 Å². The molecule has 20 heavy (non-hydrogen) atoms. The first-order valence-corrected chi connectivity index (χ1v) is 7.19. The molecule has 1 N–H and O–H groups in total. The van der Waals surface area contributed by atoms with E-state index in [1.807, 2.05) is 43.3 Å². The maximum absolute atomic E-state index is 11.4. The summed E-state index contributed by atoms with van der Waals surface area (Å²) in [7, 11) is 0. The summed E-state index contributed by atoms with van der Waals surface area (Å²) < 4.78 is 0. The summed E-state index contributed by atoms with van der Waals surface area (Å²) in [6, 6.07) is 11.7. The summed E-state index contributed by atoms with van der Waals surface area (Å²) >= 11 is 12.7. The SMILES string of the molecule is Cc1ccc(C(Cl)c2ccc3c(c2)CC(=O)N3)cc1Cl. The predicted molar refractivity (Wildman–Crippen MR) is 82.7 cm³/mol. The Morgan fingerprint density at radius 3 is 2.60 bits per heavy atom. The van der Waals surface area contributed by atoms with Gasteiger partial charge in [0.2, 0.25) is 5.91 Å². The number of alkyl halides is 1. The van der Waals surface area contributed by atoms with E-state index in [0.717, 1.165) is 27.9 Å². The van der Waals surface area contributed by atoms with Crippen LogP contribution in [0.25, 0.3) is 0 Å². The van der Waals surface area contributed by atoms with Crippen molar-refractivity contribution in [1.82, 2.24) is 0 Å². The number of nitrogens with one attached hydrogen (secondary N) is 1. The minimum Gasteiger partial charge on any atom is -0.326 e. The number of rotatable bonds is 2. The van der Waals surface area contributed by atoms with Crippen LogP contribution in [0.5, 0.6) is 0 Å². The topological polar surface area (TPSA) is 29.1 Å². The minimum atomic E-state index is -0.269. The Labute approximate surface area is 127 Å². The Morgan fingerprint density at radius 1 is 1.15 bits per heavy atom. The lowest BCUT2D eigenvalue weighted by atomic mass is 10.0. The largest absolute Gasteiger partial charge is 0.326 e. The molecule has 4 heteroatoms. The van der Waals surface area contributed by atoms with E-state index in [4.69, 9.17) is 23.2 Å². The van der Waals surface area contributed by atoms with Crippen molar-refractivity contribution in [3.63, 3.8) is 0 Å². The van der Waals surface area contributed by atoms with Gasteiger partial charge in [-0.2, -0.15) is 0 Å². The van der Waals surface area contributed by atoms with Gasteiger partial charge >= 0.3 is 0 Å². The summed E-state index contributed by atoms with van der Waals surface area (Å²) in [5.41, 5.74) is 4.84. The fourth-order valence-electron chi connectivity index (χ4n) is 2.37. The molecule has 1 atom stereocenters. The second-order valence-corrected chi connectivity index (χ2v) is 5.86. The molecule has 0 spiro atoms. The van der Waals surface area contributed by atoms with E-state index in [2.05, 4.69) is 5.32 Å². The van der Waals surface area contributed by atoms with Crippen molar-refractivity contribution in [2.45, 2.75) is 18.7 Å². The number of halogens is 2. The van der Waals surface area contributed by atoms with Gasteiger partial charge in [0.25, 0.3) is 0 Å². The van der Waals surface area contributed by atoms with Gasteiger partial charge in [-0.05, 0) is 41.3 Å². The first-order valence-electron chi connectivity index (χ1n) is 6.37. The monoisotopic (exact) mass is 305 g/mol. The molecule has 1 aliphatic heterocycles. The third-order valence-electron chi connectivity index (χ3n) is 3.54. The number of hydrogen-bond acceptors (Lipinski definition) is 1. The van der Waals surface area contributed by atoms with Crippen LogP contribution in [0.2, 0.25) is 5.02 Å². The summed E-state index contributed by atoms with van der Waals surface area (Å²) in [4.78, 5) is 11.4. The van der Waals surface area contributed by atoms with Crippen LogP contribution >= 0.6 is 23.2 Å². The molecular weight excluding hydrogens is 293 g/mol. The fourth-order valence-corrected chi connectivity index (χ4v) is 2.83. The molecule has 0 aromatic heterocycles. The zero-order valence-electron chi connectivity index (χ0n) is 10.9. The summed E-state index contributed by atoms with van der Waals surface area (Å²) in [5, 5.41) is 3.26. The average molecular weight is 306 g/mol. The molecule has 0 aliphatic carbocycles. The van der Waals surface area contributed by atoms with Crippen LogP contribution in [-0.2, 0) is 11.2 Å². The van der Waals surface area contributed by atoms with E-state index < -0.39 is 0 Å². The maximum atomic E-state index is 11.4. The van der Waals surface area contributed by atoms with Crippen molar-refractivity contribution in [2.75, 3.05) is 5.32 Å². The molecule has 2 nitrogen and oxygen atoms in total. The van der Waals surface area contributed by atoms with E-state index in [0.29, 0.717) is 11.4 Å². The average Bonchev–Trinajstić information content (AvgIpc) is 2.80. The molecule has 2 aromatic rings. The Morgan fingerprint density at radius 2 is 1.85 bits per heavy atom. The van der Waals surface area contributed by atoms with Crippen molar-refractivity contribution in [1.29, 1.82) is 0 Å². The van der Waals surface area contributed by atoms with E-state index in [1.165, 1.54) is 0 Å². The lowest BCUT2D eigenvalue weighted by molar-refractivity contribution is -0.115. The van der Waals surface area contributed by atoms with Crippen molar-refractivity contribution < 1.29 is 4.79 Å². The standard InChI is InChI=1S/C16H13Cl2NO/c1-9-2-3-11(7-13(9)17)16(18)10-4-5-14-12(6-10)8-15(20)19-14/h2-7,16H,8H2,1H3,(H,19,20). The van der Waals surface area contributed by atoms with Crippen LogP contribution in [0.3, 0.4) is 0 Å². The van der Waals surface area contributed by atoms with Gasteiger partial charge in [-0.25, -0.2) is 0 Å². The number of fused-ring (bicyclic) bond motifs is 1. The number of carbonyl (C=O) groups excluding carboxylic acids is 1. The third-order valence-corrected chi connectivity index (χ3v) is 4.45. The van der Waals surface area contributed by atoms with E-state index >= 15 is 0 Å². The van der Waals surface area contributed by atoms with Gasteiger partial charge in [0.1, 0.15) is 0 Å². The Kier molecular flexibility index (Phi) is 3.45. The molecule has 1 aliphatic rings. The highest BCUT2D eigenvalue weighted by molar-refractivity contribution is 6.31. The van der Waals surface area contributed by atoms with Crippen molar-refractivity contribution in [3.8, 4) is 0 Å². The molecule has 2 aromatic carbocycles. The Balaban J connectivity index is 1.94. The zero-order chi connectivity index (χ0) is 14.3. The number of carbonyl (C=O) groups is 1. The van der Waals surface area contributed by atoms with Crippen LogP contribution in [0.1, 0.15) is 27.6 Å². The van der Waals surface area contributed by atoms with E-state index in [-0.39, 0.29) is 11.3 Å². The molecule has 0 radical (unpaired) electrons. The van der Waals surface area contributed by atoms with Crippen LogP contribution in [-0.4, -0.2) is 5.91 Å². The first kappa shape index (κ1) is 13.5. The smallest absolute Gasteiger partial charge is 0.228 e. The number of aryl methyl sites for hydroxylation is 1. The van der Waals surface area contributed by atoms with Gasteiger partial charge in [0, 0.05) is 10.7 Å². The summed E-state index contributed by atoms with van der Waals surface area (Å²) in [6.07, 6.45) is 0.418. The number of benzene rings is 2. The van der Waals surface area contributed by atoms with Crippen molar-refractivity contribution in [3.05, 3.63) is 63.7 Å². The molecule has 0 saturated carbocycles. The summed E-state index contributed by atoms with van der Waals surface area (Å²) in [6.45, 7) is 1.96. The third kappa shape index (κ3) is 2.41.